The van der Waals surface area contributed by atoms with Crippen molar-refractivity contribution >= 4 is 35.7 Å². The molecule has 14 heteroatoms. The number of nitrogens with two attached hydrogens (primary N) is 1. The highest BCUT2D eigenvalue weighted by Gasteiger charge is 2.48. The summed E-state index contributed by atoms with van der Waals surface area (Å²) >= 11 is 0. The van der Waals surface area contributed by atoms with Gasteiger partial charge in [0.15, 0.2) is 0 Å². The average Bonchev–Trinajstić information content (AvgIpc) is 3.43. The highest BCUT2D eigenvalue weighted by atomic mass is 16.5. The van der Waals surface area contributed by atoms with Gasteiger partial charge in [-0.1, -0.05) is 19.1 Å². The summed E-state index contributed by atoms with van der Waals surface area (Å²) in [4.78, 5) is 50.2. The Morgan fingerprint density at radius 1 is 1.25 bits per heavy atom. The number of piperidine rings is 1. The van der Waals surface area contributed by atoms with Gasteiger partial charge in [0.2, 0.25) is 12.4 Å². The van der Waals surface area contributed by atoms with Gasteiger partial charge in [-0.25, -0.2) is 9.97 Å². The standard InChI is InChI=1S/C34H48N8O4.C5H14N2/c1-8-14-40(25-12-15-39(6)16-13-25)31(44)17-23(2)36-33-35-19-26-27-21-46-34(4,5)18-28(27)42(32(26)38-33)30-11-9-10-29(37-30)41(22-43)24(3)20-45-7;1-3-7(2)5-4-6/h8-11,14,17,19,22,24-25,27-28H,12-13,15-16,18,20-21H2,1-7H3,(H,35,36,38);3-6H2,1-2H3/b14-8-,23-17+;/t24-,27?,28?;/m0./s1. The fourth-order valence-corrected chi connectivity index (χ4v) is 7.09. The number of rotatable bonds is 14. The summed E-state index contributed by atoms with van der Waals surface area (Å²) in [6, 6.07) is 5.69. The van der Waals surface area contributed by atoms with Crippen molar-refractivity contribution < 1.29 is 19.1 Å². The van der Waals surface area contributed by atoms with Crippen molar-refractivity contribution in [3.05, 3.63) is 54.0 Å². The van der Waals surface area contributed by atoms with Crippen LogP contribution >= 0.6 is 0 Å². The van der Waals surface area contributed by atoms with Crippen LogP contribution in [0.25, 0.3) is 0 Å². The fraction of sp³-hybridized carbons (Fsp3) is 0.615. The summed E-state index contributed by atoms with van der Waals surface area (Å²) in [5.74, 6) is 2.33. The van der Waals surface area contributed by atoms with Crippen molar-refractivity contribution in [3.63, 3.8) is 0 Å². The van der Waals surface area contributed by atoms with Crippen LogP contribution in [0.15, 0.2) is 48.4 Å². The number of allylic oxidation sites excluding steroid dienone is 2. The molecule has 0 spiro atoms. The quantitative estimate of drug-likeness (QED) is 0.210. The van der Waals surface area contributed by atoms with Crippen LogP contribution in [0.3, 0.4) is 0 Å². The van der Waals surface area contributed by atoms with Gasteiger partial charge in [-0.3, -0.25) is 14.5 Å². The predicted molar refractivity (Wildman–Crippen MR) is 211 cm³/mol. The predicted octanol–water partition coefficient (Wildman–Crippen LogP) is 4.34. The summed E-state index contributed by atoms with van der Waals surface area (Å²) in [6.07, 6.45) is 10.7. The molecule has 2 aromatic rings. The zero-order valence-electron chi connectivity index (χ0n) is 33.3. The molecule has 3 atom stereocenters. The largest absolute Gasteiger partial charge is 0.383 e. The minimum absolute atomic E-state index is 0.0364. The van der Waals surface area contributed by atoms with Gasteiger partial charge in [-0.15, -0.1) is 0 Å². The van der Waals surface area contributed by atoms with Crippen LogP contribution in [0.4, 0.5) is 23.4 Å². The molecular formula is C39H62N10O4. The molecule has 3 N–H and O–H groups in total. The number of pyridine rings is 1. The van der Waals surface area contributed by atoms with Gasteiger partial charge >= 0.3 is 0 Å². The number of likely N-dealkylation sites (tertiary alicyclic amines) is 1. The topological polar surface area (TPSA) is 146 Å². The van der Waals surface area contributed by atoms with E-state index in [1.54, 1.807) is 18.1 Å². The Morgan fingerprint density at radius 3 is 2.60 bits per heavy atom. The van der Waals surface area contributed by atoms with E-state index in [0.717, 1.165) is 69.8 Å². The molecule has 2 saturated heterocycles. The molecule has 0 aromatic carbocycles. The molecule has 5 heterocycles. The first-order valence-electron chi connectivity index (χ1n) is 18.8. The van der Waals surface area contributed by atoms with E-state index in [1.807, 2.05) is 62.3 Å². The Balaban J connectivity index is 0.000000815. The Morgan fingerprint density at radius 2 is 1.98 bits per heavy atom. The smallest absolute Gasteiger partial charge is 0.252 e. The average molecular weight is 735 g/mol. The number of ether oxygens (including phenoxy) is 2. The first-order valence-corrected chi connectivity index (χ1v) is 18.8. The van der Waals surface area contributed by atoms with Crippen molar-refractivity contribution in [2.45, 2.75) is 90.4 Å². The number of hydrogen-bond donors (Lipinski definition) is 2. The van der Waals surface area contributed by atoms with E-state index in [9.17, 15) is 9.59 Å². The number of aromatic nitrogens is 3. The molecular weight excluding hydrogens is 672 g/mol. The molecule has 292 valence electrons. The molecule has 2 aromatic heterocycles. The van der Waals surface area contributed by atoms with Gasteiger partial charge < -0.3 is 40.1 Å². The maximum Gasteiger partial charge on any atom is 0.252 e. The highest BCUT2D eigenvalue weighted by Crippen LogP contribution is 2.49. The van der Waals surface area contributed by atoms with Crippen LogP contribution in [-0.4, -0.2) is 133 Å². The van der Waals surface area contributed by atoms with Crippen LogP contribution in [0, 0.1) is 0 Å². The van der Waals surface area contributed by atoms with Gasteiger partial charge in [0.25, 0.3) is 5.91 Å². The van der Waals surface area contributed by atoms with Crippen LogP contribution in [0.5, 0.6) is 0 Å². The lowest BCUT2D eigenvalue weighted by atomic mass is 9.85. The summed E-state index contributed by atoms with van der Waals surface area (Å²) in [5.41, 5.74) is 6.56. The third-order valence-corrected chi connectivity index (χ3v) is 10.1. The van der Waals surface area contributed by atoms with E-state index in [2.05, 4.69) is 59.9 Å². The van der Waals surface area contributed by atoms with Gasteiger partial charge in [0.1, 0.15) is 17.5 Å². The summed E-state index contributed by atoms with van der Waals surface area (Å²) in [5, 5.41) is 3.26. The van der Waals surface area contributed by atoms with E-state index in [4.69, 9.17) is 25.2 Å². The number of hydrogen-bond acceptors (Lipinski definition) is 12. The Hall–Kier alpha value is -3.95. The van der Waals surface area contributed by atoms with E-state index >= 15 is 0 Å². The normalized spacial score (nSPS) is 20.7. The number of carbonyl (C=O) groups is 2. The maximum absolute atomic E-state index is 13.4. The fourth-order valence-electron chi connectivity index (χ4n) is 7.09. The van der Waals surface area contributed by atoms with Crippen LogP contribution in [0.2, 0.25) is 0 Å². The first-order chi connectivity index (χ1) is 25.4. The molecule has 14 nitrogen and oxygen atoms in total. The lowest BCUT2D eigenvalue weighted by molar-refractivity contribution is -0.126. The number of likely N-dealkylation sites (N-methyl/N-ethyl adjacent to an activating group) is 1. The lowest BCUT2D eigenvalue weighted by Gasteiger charge is -2.41. The first kappa shape index (κ1) is 41.8. The summed E-state index contributed by atoms with van der Waals surface area (Å²) < 4.78 is 11.5. The minimum Gasteiger partial charge on any atom is -0.383 e. The molecule has 2 unspecified atom stereocenters. The van der Waals surface area contributed by atoms with Crippen LogP contribution in [-0.2, 0) is 19.1 Å². The second kappa shape index (κ2) is 19.4. The number of amides is 2. The molecule has 2 amide bonds. The van der Waals surface area contributed by atoms with Crippen molar-refractivity contribution in [3.8, 4) is 0 Å². The second-order valence-corrected chi connectivity index (χ2v) is 14.9. The summed E-state index contributed by atoms with van der Waals surface area (Å²) in [7, 11) is 5.79. The van der Waals surface area contributed by atoms with Crippen LogP contribution < -0.4 is 20.9 Å². The molecule has 0 aliphatic carbocycles. The van der Waals surface area contributed by atoms with E-state index in [-0.39, 0.29) is 35.6 Å². The van der Waals surface area contributed by atoms with Crippen molar-refractivity contribution in [2.75, 3.05) is 82.3 Å². The van der Waals surface area contributed by atoms with Gasteiger partial charge in [0, 0.05) is 67.9 Å². The third-order valence-electron chi connectivity index (χ3n) is 10.1. The van der Waals surface area contributed by atoms with Gasteiger partial charge in [-0.2, -0.15) is 4.98 Å². The van der Waals surface area contributed by atoms with Crippen molar-refractivity contribution in [2.24, 2.45) is 5.73 Å². The molecule has 3 aliphatic rings. The molecule has 5 rings (SSSR count). The molecule has 0 radical (unpaired) electrons. The van der Waals surface area contributed by atoms with Crippen molar-refractivity contribution in [1.29, 1.82) is 0 Å². The Kier molecular flexibility index (Phi) is 15.3. The number of methoxy groups -OCH3 is 1. The SMILES string of the molecule is C/C=C\N(C(=O)/C=C(\C)Nc1ncc2c(n1)N(c1cccc(N(C=O)[C@@H](C)COC)n1)C1CC(C)(C)OCC21)C1CCN(C)CC1.CCN(C)CCN. The monoisotopic (exact) mass is 734 g/mol. The minimum atomic E-state index is -0.332. The molecule has 0 bridgehead atoms. The number of carbonyl (C=O) groups excluding carboxylic acids is 2. The Bertz CT molecular complexity index is 1560. The third kappa shape index (κ3) is 10.8. The number of nitrogens with zero attached hydrogens (tertiary/aromatic N) is 8. The number of nitrogens with one attached hydrogen (secondary N) is 1. The zero-order valence-corrected chi connectivity index (χ0v) is 33.3. The molecule has 3 aliphatic heterocycles. The molecule has 0 saturated carbocycles. The number of fused-ring (bicyclic) bond motifs is 3. The van der Waals surface area contributed by atoms with E-state index in [0.29, 0.717) is 36.5 Å². The van der Waals surface area contributed by atoms with Gasteiger partial charge in [0.05, 0.1) is 24.9 Å². The lowest BCUT2D eigenvalue weighted by Crippen LogP contribution is -2.45. The van der Waals surface area contributed by atoms with Crippen molar-refractivity contribution in [1.82, 2.24) is 29.7 Å². The van der Waals surface area contributed by atoms with E-state index in [1.165, 1.54) is 0 Å². The zero-order chi connectivity index (χ0) is 38.7. The van der Waals surface area contributed by atoms with Crippen LogP contribution in [0.1, 0.15) is 72.3 Å². The highest BCUT2D eigenvalue weighted by molar-refractivity contribution is 5.89. The number of anilines is 4. The van der Waals surface area contributed by atoms with E-state index < -0.39 is 0 Å². The maximum atomic E-state index is 13.4. The Labute approximate surface area is 316 Å². The van der Waals surface area contributed by atoms with Gasteiger partial charge in [-0.05, 0) is 99.7 Å². The molecule has 53 heavy (non-hydrogen) atoms. The summed E-state index contributed by atoms with van der Waals surface area (Å²) in [6.45, 7) is 17.7. The second-order valence-electron chi connectivity index (χ2n) is 14.9. The molecule has 2 fully saturated rings.